The highest BCUT2D eigenvalue weighted by molar-refractivity contribution is 14.0. The number of ether oxygens (including phenoxy) is 1. The Morgan fingerprint density at radius 1 is 1.35 bits per heavy atom. The number of nitrogens with zero attached hydrogens (tertiary/aromatic N) is 4. The molecule has 0 aliphatic carbocycles. The number of aliphatic imine (C=N–C) groups is 1. The van der Waals surface area contributed by atoms with Gasteiger partial charge in [0.25, 0.3) is 0 Å². The van der Waals surface area contributed by atoms with E-state index in [2.05, 4.69) is 37.6 Å². The summed E-state index contributed by atoms with van der Waals surface area (Å²) in [6, 6.07) is 0.429. The third-order valence-corrected chi connectivity index (χ3v) is 3.52. The second-order valence-electron chi connectivity index (χ2n) is 5.31. The van der Waals surface area contributed by atoms with Crippen LogP contribution in [0.25, 0.3) is 0 Å². The standard InChI is InChI=1S/C14H26N6O2.HI/c1-4-15-14(17-10-13-18-12(3)19-22-13)16-9-11(2)20-5-7-21-8-6-20;/h11H,4-10H2,1-3H3,(H2,15,16,17);1H. The van der Waals surface area contributed by atoms with Crippen LogP contribution in [0.5, 0.6) is 0 Å². The largest absolute Gasteiger partial charge is 0.379 e. The number of aromatic nitrogens is 2. The Balaban J connectivity index is 0.00000264. The molecule has 1 aliphatic heterocycles. The van der Waals surface area contributed by atoms with Gasteiger partial charge < -0.3 is 19.9 Å². The summed E-state index contributed by atoms with van der Waals surface area (Å²) in [5.41, 5.74) is 0. The van der Waals surface area contributed by atoms with Crippen LogP contribution in [0.4, 0.5) is 0 Å². The molecule has 0 spiro atoms. The van der Waals surface area contributed by atoms with E-state index in [1.54, 1.807) is 6.92 Å². The van der Waals surface area contributed by atoms with Crippen molar-refractivity contribution in [1.29, 1.82) is 0 Å². The smallest absolute Gasteiger partial charge is 0.248 e. The molecular weight excluding hydrogens is 411 g/mol. The van der Waals surface area contributed by atoms with Crippen LogP contribution >= 0.6 is 24.0 Å². The maximum Gasteiger partial charge on any atom is 0.248 e. The highest BCUT2D eigenvalue weighted by Gasteiger charge is 2.17. The third-order valence-electron chi connectivity index (χ3n) is 3.52. The van der Waals surface area contributed by atoms with Gasteiger partial charge in [-0.05, 0) is 20.8 Å². The van der Waals surface area contributed by atoms with Gasteiger partial charge in [-0.2, -0.15) is 4.98 Å². The Kier molecular flexibility index (Phi) is 9.41. The molecule has 1 aromatic heterocycles. The SMILES string of the molecule is CCNC(=NCc1nc(C)no1)NCC(C)N1CCOCC1.I. The third kappa shape index (κ3) is 7.00. The lowest BCUT2D eigenvalue weighted by Crippen LogP contribution is -2.49. The van der Waals surface area contributed by atoms with Crippen LogP contribution in [0.3, 0.4) is 0 Å². The molecule has 1 saturated heterocycles. The van der Waals surface area contributed by atoms with Gasteiger partial charge in [0.15, 0.2) is 11.8 Å². The zero-order chi connectivity index (χ0) is 15.8. The van der Waals surface area contributed by atoms with Crippen molar-refractivity contribution in [2.45, 2.75) is 33.4 Å². The average molecular weight is 438 g/mol. The second-order valence-corrected chi connectivity index (χ2v) is 5.31. The molecule has 1 aliphatic rings. The van der Waals surface area contributed by atoms with Gasteiger partial charge in [-0.1, -0.05) is 5.16 Å². The molecule has 0 radical (unpaired) electrons. The van der Waals surface area contributed by atoms with Crippen LogP contribution in [-0.2, 0) is 11.3 Å². The van der Waals surface area contributed by atoms with Gasteiger partial charge in [-0.3, -0.25) is 4.90 Å². The maximum atomic E-state index is 5.38. The Morgan fingerprint density at radius 3 is 2.70 bits per heavy atom. The van der Waals surface area contributed by atoms with Crippen LogP contribution in [0, 0.1) is 6.92 Å². The van der Waals surface area contributed by atoms with Crippen LogP contribution in [0.1, 0.15) is 25.6 Å². The molecule has 1 unspecified atom stereocenters. The molecule has 1 fully saturated rings. The summed E-state index contributed by atoms with van der Waals surface area (Å²) in [6.07, 6.45) is 0. The first-order valence-electron chi connectivity index (χ1n) is 7.82. The maximum absolute atomic E-state index is 5.38. The van der Waals surface area contributed by atoms with Crippen LogP contribution in [0.15, 0.2) is 9.52 Å². The molecule has 0 bridgehead atoms. The van der Waals surface area contributed by atoms with E-state index < -0.39 is 0 Å². The number of hydrogen-bond donors (Lipinski definition) is 2. The number of aryl methyl sites for hydroxylation is 1. The van der Waals surface area contributed by atoms with E-state index >= 15 is 0 Å². The van der Waals surface area contributed by atoms with E-state index in [1.165, 1.54) is 0 Å². The summed E-state index contributed by atoms with van der Waals surface area (Å²) >= 11 is 0. The molecule has 1 aromatic rings. The average Bonchev–Trinajstić information content (AvgIpc) is 2.96. The van der Waals surface area contributed by atoms with Crippen molar-refractivity contribution in [3.8, 4) is 0 Å². The first-order chi connectivity index (χ1) is 10.7. The summed E-state index contributed by atoms with van der Waals surface area (Å²) in [4.78, 5) is 11.0. The fourth-order valence-electron chi connectivity index (χ4n) is 2.28. The molecular formula is C14H27IN6O2. The first kappa shape index (κ1) is 20.1. The van der Waals surface area contributed by atoms with Gasteiger partial charge in [0.2, 0.25) is 5.89 Å². The molecule has 2 rings (SSSR count). The topological polar surface area (TPSA) is 87.8 Å². The minimum atomic E-state index is 0. The van der Waals surface area contributed by atoms with Crippen molar-refractivity contribution in [1.82, 2.24) is 25.7 Å². The van der Waals surface area contributed by atoms with E-state index in [1.807, 2.05) is 6.92 Å². The van der Waals surface area contributed by atoms with Gasteiger partial charge >= 0.3 is 0 Å². The van der Waals surface area contributed by atoms with E-state index in [4.69, 9.17) is 9.26 Å². The molecule has 8 nitrogen and oxygen atoms in total. The Bertz CT molecular complexity index is 476. The van der Waals surface area contributed by atoms with E-state index in [-0.39, 0.29) is 24.0 Å². The van der Waals surface area contributed by atoms with Crippen LogP contribution in [-0.4, -0.2) is 66.4 Å². The highest BCUT2D eigenvalue weighted by atomic mass is 127. The van der Waals surface area contributed by atoms with Crippen molar-refractivity contribution in [2.24, 2.45) is 4.99 Å². The lowest BCUT2D eigenvalue weighted by atomic mass is 10.2. The summed E-state index contributed by atoms with van der Waals surface area (Å²) in [5, 5.41) is 10.3. The molecule has 0 aromatic carbocycles. The molecule has 132 valence electrons. The highest BCUT2D eigenvalue weighted by Crippen LogP contribution is 2.02. The van der Waals surface area contributed by atoms with Gasteiger partial charge in [0, 0.05) is 32.2 Å². The zero-order valence-corrected chi connectivity index (χ0v) is 16.4. The van der Waals surface area contributed by atoms with E-state index in [9.17, 15) is 0 Å². The second kappa shape index (κ2) is 10.8. The molecule has 1 atom stereocenters. The number of morpholine rings is 1. The predicted molar refractivity (Wildman–Crippen MR) is 99.1 cm³/mol. The molecule has 0 saturated carbocycles. The van der Waals surface area contributed by atoms with Crippen molar-refractivity contribution in [2.75, 3.05) is 39.4 Å². The van der Waals surface area contributed by atoms with E-state index in [0.717, 1.165) is 45.4 Å². The monoisotopic (exact) mass is 438 g/mol. The van der Waals surface area contributed by atoms with Gasteiger partial charge in [0.05, 0.1) is 13.2 Å². The quantitative estimate of drug-likeness (QED) is 0.386. The molecule has 2 heterocycles. The number of nitrogens with one attached hydrogen (secondary N) is 2. The lowest BCUT2D eigenvalue weighted by Gasteiger charge is -2.32. The fourth-order valence-corrected chi connectivity index (χ4v) is 2.28. The minimum absolute atomic E-state index is 0. The van der Waals surface area contributed by atoms with Gasteiger partial charge in [-0.15, -0.1) is 24.0 Å². The number of guanidine groups is 1. The van der Waals surface area contributed by atoms with Gasteiger partial charge in [0.1, 0.15) is 6.54 Å². The van der Waals surface area contributed by atoms with Crippen molar-refractivity contribution >= 4 is 29.9 Å². The van der Waals surface area contributed by atoms with Crippen LogP contribution in [0.2, 0.25) is 0 Å². The fraction of sp³-hybridized carbons (Fsp3) is 0.786. The first-order valence-corrected chi connectivity index (χ1v) is 7.82. The minimum Gasteiger partial charge on any atom is -0.379 e. The molecule has 2 N–H and O–H groups in total. The zero-order valence-electron chi connectivity index (χ0n) is 14.0. The Hall–Kier alpha value is -0.940. The van der Waals surface area contributed by atoms with E-state index in [0.29, 0.717) is 24.3 Å². The van der Waals surface area contributed by atoms with Crippen molar-refractivity contribution in [3.63, 3.8) is 0 Å². The summed E-state index contributed by atoms with van der Waals surface area (Å²) in [7, 11) is 0. The number of rotatable bonds is 6. The molecule has 23 heavy (non-hydrogen) atoms. The van der Waals surface area contributed by atoms with Crippen LogP contribution < -0.4 is 10.6 Å². The summed E-state index contributed by atoms with van der Waals surface area (Å²) in [5.74, 6) is 1.92. The normalized spacial score (nSPS) is 17.4. The lowest BCUT2D eigenvalue weighted by molar-refractivity contribution is 0.0211. The summed E-state index contributed by atoms with van der Waals surface area (Å²) < 4.78 is 10.4. The van der Waals surface area contributed by atoms with Crippen molar-refractivity contribution in [3.05, 3.63) is 11.7 Å². The van der Waals surface area contributed by atoms with Crippen molar-refractivity contribution < 1.29 is 9.26 Å². The Morgan fingerprint density at radius 2 is 2.09 bits per heavy atom. The molecule has 0 amide bonds. The Labute approximate surface area is 154 Å². The predicted octanol–water partition coefficient (Wildman–Crippen LogP) is 0.772. The molecule has 9 heteroatoms. The number of hydrogen-bond acceptors (Lipinski definition) is 6. The van der Waals surface area contributed by atoms with Gasteiger partial charge in [-0.25, -0.2) is 4.99 Å². The summed E-state index contributed by atoms with van der Waals surface area (Å²) in [6.45, 7) is 11.7. The number of halogens is 1.